The number of hydrogen-bond acceptors (Lipinski definition) is 5. The van der Waals surface area contributed by atoms with Gasteiger partial charge in [-0.1, -0.05) is 103 Å². The highest BCUT2D eigenvalue weighted by Gasteiger charge is 2.21. The van der Waals surface area contributed by atoms with Gasteiger partial charge in [0.25, 0.3) is 0 Å². The summed E-state index contributed by atoms with van der Waals surface area (Å²) in [6.07, 6.45) is 3.57. The van der Waals surface area contributed by atoms with E-state index in [-0.39, 0.29) is 0 Å². The molecule has 6 nitrogen and oxygen atoms in total. The van der Waals surface area contributed by atoms with Crippen molar-refractivity contribution in [2.24, 2.45) is 0 Å². The number of rotatable bonds is 6. The van der Waals surface area contributed by atoms with Gasteiger partial charge in [0.1, 0.15) is 5.69 Å². The topological polar surface area (TPSA) is 80.2 Å². The van der Waals surface area contributed by atoms with Crippen molar-refractivity contribution in [3.8, 4) is 67.8 Å². The molecule has 0 aliphatic rings. The molecule has 6 heteroatoms. The number of aromatic amines is 1. The lowest BCUT2D eigenvalue weighted by Gasteiger charge is -2.14. The zero-order valence-corrected chi connectivity index (χ0v) is 27.3. The van der Waals surface area contributed by atoms with Crippen LogP contribution in [-0.4, -0.2) is 30.1 Å². The maximum atomic E-state index is 5.05. The summed E-state index contributed by atoms with van der Waals surface area (Å²) < 4.78 is 0. The molecule has 0 saturated heterocycles. The number of aromatic nitrogens is 6. The van der Waals surface area contributed by atoms with Crippen LogP contribution in [0.25, 0.3) is 100 Å². The quantitative estimate of drug-likeness (QED) is 0.181. The molecule has 0 fully saturated rings. The first-order chi connectivity index (χ1) is 25.3. The van der Waals surface area contributed by atoms with Gasteiger partial charge in [-0.15, -0.1) is 0 Å². The summed E-state index contributed by atoms with van der Waals surface area (Å²) in [5, 5.41) is 15.9. The van der Waals surface area contributed by atoms with Crippen LogP contribution >= 0.6 is 0 Å². The van der Waals surface area contributed by atoms with Gasteiger partial charge < -0.3 is 0 Å². The molecule has 51 heavy (non-hydrogen) atoms. The first kappa shape index (κ1) is 28.9. The summed E-state index contributed by atoms with van der Waals surface area (Å²) in [6, 6.07) is 52.4. The number of nitrogens with zero attached hydrogens (tertiary/aromatic N) is 5. The molecule has 0 spiro atoms. The van der Waals surface area contributed by atoms with Gasteiger partial charge in [0.15, 0.2) is 0 Å². The first-order valence-electron chi connectivity index (χ1n) is 16.9. The molecule has 0 amide bonds. The lowest BCUT2D eigenvalue weighted by Crippen LogP contribution is -1.93. The molecule has 0 saturated carbocycles. The second-order valence-electron chi connectivity index (χ2n) is 12.6. The first-order valence-corrected chi connectivity index (χ1v) is 16.9. The van der Waals surface area contributed by atoms with Crippen LogP contribution in [0.5, 0.6) is 0 Å². The van der Waals surface area contributed by atoms with Crippen LogP contribution in [0.15, 0.2) is 164 Å². The third-order valence-corrected chi connectivity index (χ3v) is 9.63. The van der Waals surface area contributed by atoms with Crippen molar-refractivity contribution >= 4 is 32.3 Å². The summed E-state index contributed by atoms with van der Waals surface area (Å²) in [4.78, 5) is 19.2. The van der Waals surface area contributed by atoms with Gasteiger partial charge in [-0.25, -0.2) is 9.97 Å². The molecule has 0 aliphatic heterocycles. The fourth-order valence-corrected chi connectivity index (χ4v) is 7.25. The van der Waals surface area contributed by atoms with Crippen LogP contribution in [0.1, 0.15) is 0 Å². The fourth-order valence-electron chi connectivity index (χ4n) is 7.25. The fraction of sp³-hybridized carbons (Fsp3) is 0. The maximum absolute atomic E-state index is 5.05. The van der Waals surface area contributed by atoms with Gasteiger partial charge in [0.05, 0.1) is 39.9 Å². The SMILES string of the molecule is c1ccc(-c2cccc(-c3n[nH]c(-c4cccc(-c5ccccn5)n4)c3-c3ccc(-c4ccc5ccc6cccc7ccc4c5c67)cc3)n2)nc1. The van der Waals surface area contributed by atoms with E-state index in [2.05, 4.69) is 93.9 Å². The monoisotopic (exact) mass is 652 g/mol. The number of H-pyrrole nitrogens is 1. The molecule has 1 N–H and O–H groups in total. The highest BCUT2D eigenvalue weighted by molar-refractivity contribution is 6.25. The van der Waals surface area contributed by atoms with Crippen LogP contribution in [0.4, 0.5) is 0 Å². The molecule has 5 aromatic heterocycles. The Morgan fingerprint density at radius 3 is 1.63 bits per heavy atom. The standard InChI is InChI=1S/C45H28N6/c1-3-26-46-35(10-1)37-12-6-14-39(48-37)44-43(45(51-50-44)40-15-7-13-38(49-40)36-11-2-4-27-47-36)32-18-16-28(17-19-32)33-24-22-31-21-20-29-8-5-9-30-23-25-34(33)42(31)41(29)30/h1-27H,(H,50,51). The van der Waals surface area contributed by atoms with E-state index in [1.807, 2.05) is 72.8 Å². The third kappa shape index (κ3) is 4.92. The average molecular weight is 653 g/mol. The zero-order valence-electron chi connectivity index (χ0n) is 27.3. The van der Waals surface area contributed by atoms with E-state index in [1.54, 1.807) is 12.4 Å². The van der Waals surface area contributed by atoms with Crippen LogP contribution in [0, 0.1) is 0 Å². The van der Waals surface area contributed by atoms with Crippen molar-refractivity contribution in [1.29, 1.82) is 0 Å². The molecule has 0 unspecified atom stereocenters. The van der Waals surface area contributed by atoms with E-state index in [1.165, 1.54) is 37.9 Å². The van der Waals surface area contributed by atoms with E-state index in [4.69, 9.17) is 15.1 Å². The lowest BCUT2D eigenvalue weighted by molar-refractivity contribution is 1.08. The van der Waals surface area contributed by atoms with E-state index in [0.717, 1.165) is 62.2 Å². The minimum absolute atomic E-state index is 0.739. The Bertz CT molecular complexity index is 2730. The molecule has 5 aromatic carbocycles. The van der Waals surface area contributed by atoms with Crippen molar-refractivity contribution in [3.05, 3.63) is 164 Å². The van der Waals surface area contributed by atoms with Crippen molar-refractivity contribution in [2.45, 2.75) is 0 Å². The summed E-state index contributed by atoms with van der Waals surface area (Å²) in [5.74, 6) is 0. The predicted molar refractivity (Wildman–Crippen MR) is 206 cm³/mol. The molecular formula is C45H28N6. The van der Waals surface area contributed by atoms with Crippen molar-refractivity contribution in [1.82, 2.24) is 30.1 Å². The number of nitrogens with one attached hydrogen (secondary N) is 1. The largest absolute Gasteiger partial charge is 0.275 e. The summed E-state index contributed by atoms with van der Waals surface area (Å²) in [5.41, 5.74) is 10.5. The van der Waals surface area contributed by atoms with Gasteiger partial charge >= 0.3 is 0 Å². The van der Waals surface area contributed by atoms with E-state index < -0.39 is 0 Å². The van der Waals surface area contributed by atoms with Crippen molar-refractivity contribution in [2.75, 3.05) is 0 Å². The Morgan fingerprint density at radius 2 is 0.941 bits per heavy atom. The second kappa shape index (κ2) is 11.8. The van der Waals surface area contributed by atoms with E-state index in [0.29, 0.717) is 0 Å². The molecule has 238 valence electrons. The second-order valence-corrected chi connectivity index (χ2v) is 12.6. The maximum Gasteiger partial charge on any atom is 0.119 e. The van der Waals surface area contributed by atoms with E-state index >= 15 is 0 Å². The van der Waals surface area contributed by atoms with Crippen molar-refractivity contribution in [3.63, 3.8) is 0 Å². The molecule has 10 rings (SSSR count). The zero-order chi connectivity index (χ0) is 33.7. The summed E-state index contributed by atoms with van der Waals surface area (Å²) in [6.45, 7) is 0. The normalized spacial score (nSPS) is 11.5. The van der Waals surface area contributed by atoms with E-state index in [9.17, 15) is 0 Å². The Hall–Kier alpha value is -7.05. The molecule has 0 bridgehead atoms. The van der Waals surface area contributed by atoms with Gasteiger partial charge in [-0.3, -0.25) is 15.1 Å². The smallest absolute Gasteiger partial charge is 0.119 e. The number of hydrogen-bond donors (Lipinski definition) is 1. The number of benzene rings is 5. The minimum atomic E-state index is 0.739. The van der Waals surface area contributed by atoms with Crippen LogP contribution in [0.3, 0.4) is 0 Å². The van der Waals surface area contributed by atoms with Crippen molar-refractivity contribution < 1.29 is 0 Å². The average Bonchev–Trinajstić information content (AvgIpc) is 3.66. The third-order valence-electron chi connectivity index (χ3n) is 9.63. The highest BCUT2D eigenvalue weighted by atomic mass is 15.1. The Labute approximate surface area is 293 Å². The van der Waals surface area contributed by atoms with Gasteiger partial charge in [0.2, 0.25) is 0 Å². The van der Waals surface area contributed by atoms with Crippen LogP contribution in [-0.2, 0) is 0 Å². The lowest BCUT2D eigenvalue weighted by atomic mass is 9.89. The highest BCUT2D eigenvalue weighted by Crippen LogP contribution is 2.42. The Balaban J connectivity index is 1.13. The minimum Gasteiger partial charge on any atom is -0.275 e. The predicted octanol–water partition coefficient (Wildman–Crippen LogP) is 10.9. The molecular weight excluding hydrogens is 625 g/mol. The van der Waals surface area contributed by atoms with Gasteiger partial charge in [-0.05, 0) is 97.5 Å². The molecule has 10 aromatic rings. The van der Waals surface area contributed by atoms with Gasteiger partial charge in [0, 0.05) is 18.0 Å². The molecule has 0 atom stereocenters. The summed E-state index contributed by atoms with van der Waals surface area (Å²) in [7, 11) is 0. The Morgan fingerprint density at radius 1 is 0.392 bits per heavy atom. The van der Waals surface area contributed by atoms with Gasteiger partial charge in [-0.2, -0.15) is 5.10 Å². The Kier molecular flexibility index (Phi) is 6.70. The molecule has 0 aliphatic carbocycles. The molecule has 5 heterocycles. The van der Waals surface area contributed by atoms with Crippen LogP contribution in [0.2, 0.25) is 0 Å². The van der Waals surface area contributed by atoms with Crippen LogP contribution < -0.4 is 0 Å². The molecule has 0 radical (unpaired) electrons. The summed E-state index contributed by atoms with van der Waals surface area (Å²) >= 11 is 0. The number of pyridine rings is 4.